The molecular formula is C13H14FNO5S. The first kappa shape index (κ1) is 16.8. The monoisotopic (exact) mass is 315 g/mol. The third kappa shape index (κ3) is 4.12. The van der Waals surface area contributed by atoms with Crippen LogP contribution in [0.25, 0.3) is 0 Å². The van der Waals surface area contributed by atoms with E-state index in [-0.39, 0.29) is 21.7 Å². The number of halogens is 1. The van der Waals surface area contributed by atoms with Crippen LogP contribution in [0.15, 0.2) is 34.2 Å². The number of nitrogens with one attached hydrogen (secondary N) is 1. The smallest absolute Gasteiger partial charge is 0.331 e. The number of sulfone groups is 1. The third-order valence-electron chi connectivity index (χ3n) is 2.84. The highest BCUT2D eigenvalue weighted by atomic mass is 32.2. The zero-order valence-electron chi connectivity index (χ0n) is 11.6. The molecule has 0 saturated heterocycles. The van der Waals surface area contributed by atoms with E-state index in [9.17, 15) is 22.4 Å². The highest BCUT2D eigenvalue weighted by molar-refractivity contribution is 7.90. The van der Waals surface area contributed by atoms with Gasteiger partial charge in [-0.3, -0.25) is 4.79 Å². The van der Waals surface area contributed by atoms with E-state index in [1.807, 2.05) is 0 Å². The molecule has 6 nitrogen and oxygen atoms in total. The summed E-state index contributed by atoms with van der Waals surface area (Å²) in [5.74, 6) is -2.91. The molecule has 0 bridgehead atoms. The summed E-state index contributed by atoms with van der Waals surface area (Å²) in [6.45, 7) is 2.51. The van der Waals surface area contributed by atoms with Gasteiger partial charge in [0.15, 0.2) is 9.84 Å². The third-order valence-corrected chi connectivity index (χ3v) is 3.95. The van der Waals surface area contributed by atoms with Crippen molar-refractivity contribution in [1.29, 1.82) is 0 Å². The molecule has 0 aliphatic rings. The minimum atomic E-state index is -3.55. The summed E-state index contributed by atoms with van der Waals surface area (Å²) >= 11 is 0. The number of carboxylic acid groups (broad SMARTS) is 1. The summed E-state index contributed by atoms with van der Waals surface area (Å²) in [6, 6.07) is 2.96. The van der Waals surface area contributed by atoms with Crippen molar-refractivity contribution in [3.63, 3.8) is 0 Å². The number of hydrogen-bond donors (Lipinski definition) is 2. The topological polar surface area (TPSA) is 101 Å². The molecule has 0 fully saturated rings. The predicted octanol–water partition coefficient (Wildman–Crippen LogP) is 1.59. The molecule has 0 radical (unpaired) electrons. The molecule has 0 unspecified atom stereocenters. The second kappa shape index (κ2) is 6.04. The molecule has 114 valence electrons. The number of benzene rings is 1. The number of carbonyl (C=O) groups is 2. The fraction of sp³-hybridized carbons (Fsp3) is 0.231. The summed E-state index contributed by atoms with van der Waals surface area (Å²) in [6.07, 6.45) is 0.950. The van der Waals surface area contributed by atoms with Crippen molar-refractivity contribution in [1.82, 2.24) is 0 Å². The van der Waals surface area contributed by atoms with Gasteiger partial charge >= 0.3 is 5.97 Å². The van der Waals surface area contributed by atoms with Gasteiger partial charge in [0.2, 0.25) is 0 Å². The fourth-order valence-corrected chi connectivity index (χ4v) is 2.02. The van der Waals surface area contributed by atoms with Gasteiger partial charge in [0.05, 0.1) is 10.6 Å². The van der Waals surface area contributed by atoms with E-state index in [1.54, 1.807) is 0 Å². The second-order valence-corrected chi connectivity index (χ2v) is 6.44. The maximum Gasteiger partial charge on any atom is 0.331 e. The molecule has 0 atom stereocenters. The SMILES string of the molecule is CC(C(=O)O)=C(C)C(=O)Nc1cc(S(C)(=O)=O)ccc1F. The highest BCUT2D eigenvalue weighted by Gasteiger charge is 2.16. The quantitative estimate of drug-likeness (QED) is 0.649. The van der Waals surface area contributed by atoms with Crippen LogP contribution in [-0.2, 0) is 19.4 Å². The molecule has 8 heteroatoms. The van der Waals surface area contributed by atoms with E-state index < -0.39 is 27.5 Å². The Bertz CT molecular complexity index is 737. The molecular weight excluding hydrogens is 301 g/mol. The number of anilines is 1. The second-order valence-electron chi connectivity index (χ2n) is 4.42. The minimum absolute atomic E-state index is 0.105. The molecule has 0 spiro atoms. The zero-order chi connectivity index (χ0) is 16.4. The van der Waals surface area contributed by atoms with Gasteiger partial charge in [-0.15, -0.1) is 0 Å². The Morgan fingerprint density at radius 3 is 2.24 bits per heavy atom. The molecule has 0 aliphatic carbocycles. The Labute approximate surface area is 121 Å². The predicted molar refractivity (Wildman–Crippen MR) is 74.1 cm³/mol. The van der Waals surface area contributed by atoms with Gasteiger partial charge in [-0.2, -0.15) is 0 Å². The maximum atomic E-state index is 13.6. The van der Waals surface area contributed by atoms with Crippen LogP contribution >= 0.6 is 0 Å². The molecule has 0 aromatic heterocycles. The van der Waals surface area contributed by atoms with Gasteiger partial charge in [-0.1, -0.05) is 0 Å². The van der Waals surface area contributed by atoms with Crippen LogP contribution in [0.5, 0.6) is 0 Å². The lowest BCUT2D eigenvalue weighted by Crippen LogP contribution is -2.17. The Balaban J connectivity index is 3.17. The summed E-state index contributed by atoms with van der Waals surface area (Å²) in [5, 5.41) is 10.9. The van der Waals surface area contributed by atoms with Gasteiger partial charge in [-0.25, -0.2) is 17.6 Å². The average molecular weight is 315 g/mol. The van der Waals surface area contributed by atoms with Crippen molar-refractivity contribution in [2.75, 3.05) is 11.6 Å². The molecule has 1 rings (SSSR count). The van der Waals surface area contributed by atoms with Crippen LogP contribution < -0.4 is 5.32 Å². The van der Waals surface area contributed by atoms with E-state index in [1.165, 1.54) is 13.8 Å². The zero-order valence-corrected chi connectivity index (χ0v) is 12.4. The first-order chi connectivity index (χ1) is 9.54. The number of carboxylic acids is 1. The molecule has 1 aromatic carbocycles. The van der Waals surface area contributed by atoms with E-state index in [4.69, 9.17) is 5.11 Å². The van der Waals surface area contributed by atoms with Crippen LogP contribution in [0.3, 0.4) is 0 Å². The lowest BCUT2D eigenvalue weighted by molar-refractivity contribution is -0.133. The number of aliphatic carboxylic acids is 1. The number of rotatable bonds is 4. The van der Waals surface area contributed by atoms with Crippen LogP contribution in [0.2, 0.25) is 0 Å². The molecule has 0 saturated carbocycles. The Morgan fingerprint density at radius 1 is 1.19 bits per heavy atom. The number of carbonyl (C=O) groups excluding carboxylic acids is 1. The first-order valence-electron chi connectivity index (χ1n) is 5.75. The van der Waals surface area contributed by atoms with Crippen LogP contribution in [0.4, 0.5) is 10.1 Å². The van der Waals surface area contributed by atoms with Crippen LogP contribution in [0.1, 0.15) is 13.8 Å². The highest BCUT2D eigenvalue weighted by Crippen LogP contribution is 2.20. The fourth-order valence-electron chi connectivity index (χ4n) is 1.38. The normalized spacial score (nSPS) is 12.6. The van der Waals surface area contributed by atoms with E-state index >= 15 is 0 Å². The van der Waals surface area contributed by atoms with Crippen molar-refractivity contribution in [2.45, 2.75) is 18.7 Å². The molecule has 2 N–H and O–H groups in total. The Hall–Kier alpha value is -2.22. The van der Waals surface area contributed by atoms with Crippen molar-refractivity contribution >= 4 is 27.4 Å². The Morgan fingerprint density at radius 2 is 1.76 bits per heavy atom. The maximum absolute atomic E-state index is 13.6. The average Bonchev–Trinajstić information content (AvgIpc) is 2.37. The molecule has 0 aliphatic heterocycles. The van der Waals surface area contributed by atoms with Crippen molar-refractivity contribution in [2.24, 2.45) is 0 Å². The standard InChI is InChI=1S/C13H14FNO5S/c1-7(8(2)13(17)18)12(16)15-11-6-9(21(3,19)20)4-5-10(11)14/h4-6H,1-3H3,(H,15,16)(H,17,18). The lowest BCUT2D eigenvalue weighted by Gasteiger charge is -2.09. The summed E-state index contributed by atoms with van der Waals surface area (Å²) in [5.41, 5.74) is -0.626. The lowest BCUT2D eigenvalue weighted by atomic mass is 10.1. The van der Waals surface area contributed by atoms with Crippen molar-refractivity contribution in [3.05, 3.63) is 35.2 Å². The molecule has 1 amide bonds. The molecule has 21 heavy (non-hydrogen) atoms. The van der Waals surface area contributed by atoms with Crippen molar-refractivity contribution in [3.8, 4) is 0 Å². The van der Waals surface area contributed by atoms with E-state index in [0.29, 0.717) is 0 Å². The van der Waals surface area contributed by atoms with Gasteiger partial charge in [0.25, 0.3) is 5.91 Å². The number of hydrogen-bond acceptors (Lipinski definition) is 4. The number of amides is 1. The molecule has 1 aromatic rings. The van der Waals surface area contributed by atoms with Gasteiger partial charge in [-0.05, 0) is 32.0 Å². The van der Waals surface area contributed by atoms with E-state index in [2.05, 4.69) is 5.32 Å². The summed E-state index contributed by atoms with van der Waals surface area (Å²) in [4.78, 5) is 22.4. The Kier molecular flexibility index (Phi) is 4.84. The van der Waals surface area contributed by atoms with Crippen LogP contribution in [0, 0.1) is 5.82 Å². The molecule has 0 heterocycles. The summed E-state index contributed by atoms with van der Waals surface area (Å²) in [7, 11) is -3.55. The largest absolute Gasteiger partial charge is 0.478 e. The summed E-state index contributed by atoms with van der Waals surface area (Å²) < 4.78 is 36.4. The van der Waals surface area contributed by atoms with Crippen molar-refractivity contribution < 1.29 is 27.5 Å². The van der Waals surface area contributed by atoms with E-state index in [0.717, 1.165) is 24.5 Å². The van der Waals surface area contributed by atoms with Crippen LogP contribution in [-0.4, -0.2) is 31.7 Å². The van der Waals surface area contributed by atoms with Gasteiger partial charge < -0.3 is 10.4 Å². The first-order valence-corrected chi connectivity index (χ1v) is 7.65. The minimum Gasteiger partial charge on any atom is -0.478 e. The van der Waals surface area contributed by atoms with Gasteiger partial charge in [0.1, 0.15) is 5.82 Å². The van der Waals surface area contributed by atoms with Gasteiger partial charge in [0, 0.05) is 17.4 Å².